The molecule has 2 rings (SSSR count). The van der Waals surface area contributed by atoms with Crippen molar-refractivity contribution in [2.24, 2.45) is 0 Å². The summed E-state index contributed by atoms with van der Waals surface area (Å²) < 4.78 is 10.3. The van der Waals surface area contributed by atoms with Crippen molar-refractivity contribution in [3.8, 4) is 11.5 Å². The van der Waals surface area contributed by atoms with Crippen LogP contribution in [-0.2, 0) is 0 Å². The molecule has 0 amide bonds. The molecule has 0 aliphatic rings. The molecule has 0 saturated carbocycles. The van der Waals surface area contributed by atoms with E-state index >= 15 is 0 Å². The molecule has 122 valence electrons. The van der Waals surface area contributed by atoms with E-state index < -0.39 is 4.92 Å². The second kappa shape index (κ2) is 7.00. The van der Waals surface area contributed by atoms with Gasteiger partial charge in [0.2, 0.25) is 0 Å². The monoisotopic (exact) mass is 316 g/mol. The van der Waals surface area contributed by atoms with E-state index in [1.165, 1.54) is 13.2 Å². The Labute approximate surface area is 135 Å². The smallest absolute Gasteiger partial charge is 0.311 e. The van der Waals surface area contributed by atoms with E-state index in [9.17, 15) is 10.1 Å². The number of ether oxygens (including phenoxy) is 2. The van der Waals surface area contributed by atoms with Crippen LogP contribution in [0.5, 0.6) is 11.5 Å². The van der Waals surface area contributed by atoms with E-state index in [2.05, 4.69) is 6.92 Å². The van der Waals surface area contributed by atoms with Gasteiger partial charge in [0.25, 0.3) is 0 Å². The lowest BCUT2D eigenvalue weighted by Crippen LogP contribution is -2.21. The van der Waals surface area contributed by atoms with Gasteiger partial charge in [-0.25, -0.2) is 0 Å². The fraction of sp³-hybridized carbons (Fsp3) is 0.294. The number of hydrogen-bond donors (Lipinski definition) is 0. The van der Waals surface area contributed by atoms with Crippen molar-refractivity contribution in [3.63, 3.8) is 0 Å². The Morgan fingerprint density at radius 1 is 1.09 bits per heavy atom. The van der Waals surface area contributed by atoms with Crippen molar-refractivity contribution in [2.45, 2.75) is 13.0 Å². The summed E-state index contributed by atoms with van der Waals surface area (Å²) >= 11 is 0. The molecule has 0 N–H and O–H groups in total. The van der Waals surface area contributed by atoms with Gasteiger partial charge in [-0.1, -0.05) is 12.1 Å². The number of anilines is 1. The Morgan fingerprint density at radius 2 is 1.74 bits per heavy atom. The van der Waals surface area contributed by atoms with Crippen LogP contribution in [0.25, 0.3) is 0 Å². The molecule has 0 aromatic heterocycles. The van der Waals surface area contributed by atoms with Crippen molar-refractivity contribution in [1.82, 2.24) is 0 Å². The number of nitro groups is 1. The Hall–Kier alpha value is -2.76. The number of rotatable bonds is 6. The maximum Gasteiger partial charge on any atom is 0.311 e. The Balaban J connectivity index is 2.27. The molecule has 23 heavy (non-hydrogen) atoms. The van der Waals surface area contributed by atoms with Crippen LogP contribution in [0.4, 0.5) is 11.4 Å². The summed E-state index contributed by atoms with van der Waals surface area (Å²) in [7, 11) is 5.00. The summed E-state index contributed by atoms with van der Waals surface area (Å²) in [5, 5.41) is 11.0. The number of hydrogen-bond acceptors (Lipinski definition) is 5. The summed E-state index contributed by atoms with van der Waals surface area (Å²) in [6.07, 6.45) is 0. The van der Waals surface area contributed by atoms with Gasteiger partial charge in [0.1, 0.15) is 5.75 Å². The molecular weight excluding hydrogens is 296 g/mol. The molecule has 6 heteroatoms. The molecule has 1 atom stereocenters. The normalized spacial score (nSPS) is 11.7. The van der Waals surface area contributed by atoms with Crippen molar-refractivity contribution < 1.29 is 14.4 Å². The van der Waals surface area contributed by atoms with E-state index in [1.54, 1.807) is 19.2 Å². The minimum atomic E-state index is -0.449. The highest BCUT2D eigenvalue weighted by molar-refractivity contribution is 5.59. The van der Waals surface area contributed by atoms with Gasteiger partial charge in [-0.2, -0.15) is 0 Å². The molecule has 0 fully saturated rings. The van der Waals surface area contributed by atoms with Crippen LogP contribution in [0.15, 0.2) is 42.5 Å². The van der Waals surface area contributed by atoms with Crippen LogP contribution in [-0.4, -0.2) is 26.2 Å². The highest BCUT2D eigenvalue weighted by atomic mass is 16.6. The number of methoxy groups -OCH3 is 2. The maximum atomic E-state index is 11.0. The molecular formula is C17H20N2O4. The third-order valence-electron chi connectivity index (χ3n) is 3.95. The topological polar surface area (TPSA) is 64.8 Å². The SMILES string of the molecule is COc1ccc(C(C)N(C)c2ccc([N+](=O)[O-])c(OC)c2)cc1. The second-order valence-corrected chi connectivity index (χ2v) is 5.17. The van der Waals surface area contributed by atoms with E-state index in [-0.39, 0.29) is 17.5 Å². The maximum absolute atomic E-state index is 11.0. The summed E-state index contributed by atoms with van der Waals surface area (Å²) in [4.78, 5) is 12.6. The van der Waals surface area contributed by atoms with E-state index in [4.69, 9.17) is 9.47 Å². The van der Waals surface area contributed by atoms with Gasteiger partial charge in [-0.05, 0) is 30.7 Å². The molecule has 2 aromatic rings. The first kappa shape index (κ1) is 16.6. The Morgan fingerprint density at radius 3 is 2.26 bits per heavy atom. The largest absolute Gasteiger partial charge is 0.497 e. The molecule has 0 saturated heterocycles. The molecule has 0 spiro atoms. The quantitative estimate of drug-likeness (QED) is 0.599. The summed E-state index contributed by atoms with van der Waals surface area (Å²) in [5.74, 6) is 1.06. The predicted molar refractivity (Wildman–Crippen MR) is 89.5 cm³/mol. The lowest BCUT2D eigenvalue weighted by molar-refractivity contribution is -0.385. The zero-order chi connectivity index (χ0) is 17.0. The van der Waals surface area contributed by atoms with Gasteiger partial charge in [-0.15, -0.1) is 0 Å². The average molecular weight is 316 g/mol. The molecule has 0 radical (unpaired) electrons. The summed E-state index contributed by atoms with van der Waals surface area (Å²) in [6, 6.07) is 12.8. The standard InChI is InChI=1S/C17H20N2O4/c1-12(13-5-8-15(22-3)9-6-13)18(2)14-7-10-16(19(20)21)17(11-14)23-4/h5-12H,1-4H3. The zero-order valence-corrected chi connectivity index (χ0v) is 13.6. The van der Waals surface area contributed by atoms with Crippen molar-refractivity contribution >= 4 is 11.4 Å². The highest BCUT2D eigenvalue weighted by Gasteiger charge is 2.18. The lowest BCUT2D eigenvalue weighted by Gasteiger charge is -2.27. The number of nitrogens with zero attached hydrogens (tertiary/aromatic N) is 2. The number of nitro benzene ring substituents is 1. The Bertz CT molecular complexity index is 685. The average Bonchev–Trinajstić information content (AvgIpc) is 2.59. The van der Waals surface area contributed by atoms with Gasteiger partial charge in [0.05, 0.1) is 25.2 Å². The molecule has 2 aromatic carbocycles. The highest BCUT2D eigenvalue weighted by Crippen LogP contribution is 2.34. The van der Waals surface area contributed by atoms with Gasteiger partial charge in [-0.3, -0.25) is 10.1 Å². The van der Waals surface area contributed by atoms with Crippen LogP contribution in [0.3, 0.4) is 0 Å². The molecule has 6 nitrogen and oxygen atoms in total. The first-order valence-corrected chi connectivity index (χ1v) is 7.17. The summed E-state index contributed by atoms with van der Waals surface area (Å²) in [6.45, 7) is 2.07. The first-order valence-electron chi connectivity index (χ1n) is 7.17. The van der Waals surface area contributed by atoms with Crippen LogP contribution in [0.2, 0.25) is 0 Å². The fourth-order valence-electron chi connectivity index (χ4n) is 2.37. The van der Waals surface area contributed by atoms with Gasteiger partial charge in [0.15, 0.2) is 5.75 Å². The molecule has 0 aliphatic carbocycles. The minimum Gasteiger partial charge on any atom is -0.497 e. The van der Waals surface area contributed by atoms with Crippen LogP contribution in [0, 0.1) is 10.1 Å². The third kappa shape index (κ3) is 3.53. The lowest BCUT2D eigenvalue weighted by atomic mass is 10.1. The van der Waals surface area contributed by atoms with Crippen molar-refractivity contribution in [1.29, 1.82) is 0 Å². The first-order chi connectivity index (χ1) is 11.0. The van der Waals surface area contributed by atoms with Gasteiger partial charge in [0, 0.05) is 24.9 Å². The van der Waals surface area contributed by atoms with Crippen molar-refractivity contribution in [2.75, 3.05) is 26.2 Å². The minimum absolute atomic E-state index is 0.0400. The summed E-state index contributed by atoms with van der Waals surface area (Å²) in [5.41, 5.74) is 1.92. The van der Waals surface area contributed by atoms with Gasteiger partial charge < -0.3 is 14.4 Å². The van der Waals surface area contributed by atoms with E-state index in [0.29, 0.717) is 0 Å². The molecule has 0 bridgehead atoms. The zero-order valence-electron chi connectivity index (χ0n) is 13.6. The Kier molecular flexibility index (Phi) is 5.05. The third-order valence-corrected chi connectivity index (χ3v) is 3.95. The fourth-order valence-corrected chi connectivity index (χ4v) is 2.37. The van der Waals surface area contributed by atoms with E-state index in [1.807, 2.05) is 36.2 Å². The van der Waals surface area contributed by atoms with Crippen molar-refractivity contribution in [3.05, 3.63) is 58.1 Å². The van der Waals surface area contributed by atoms with E-state index in [0.717, 1.165) is 17.0 Å². The number of benzene rings is 2. The molecule has 1 unspecified atom stereocenters. The van der Waals surface area contributed by atoms with Crippen LogP contribution < -0.4 is 14.4 Å². The molecule has 0 aliphatic heterocycles. The molecule has 0 heterocycles. The van der Waals surface area contributed by atoms with Gasteiger partial charge >= 0.3 is 5.69 Å². The van der Waals surface area contributed by atoms with Crippen LogP contribution in [0.1, 0.15) is 18.5 Å². The predicted octanol–water partition coefficient (Wildman–Crippen LogP) is 3.81. The second-order valence-electron chi connectivity index (χ2n) is 5.17. The van der Waals surface area contributed by atoms with Crippen LogP contribution >= 0.6 is 0 Å².